The molecule has 19 heavy (non-hydrogen) atoms. The summed E-state index contributed by atoms with van der Waals surface area (Å²) >= 11 is 0. The molecular formula is C13H23N3O3. The van der Waals surface area contributed by atoms with Crippen molar-refractivity contribution in [2.45, 2.75) is 38.1 Å². The Labute approximate surface area is 113 Å². The first-order chi connectivity index (χ1) is 9.11. The van der Waals surface area contributed by atoms with Gasteiger partial charge in [0.05, 0.1) is 6.04 Å². The lowest BCUT2D eigenvalue weighted by Crippen LogP contribution is -2.30. The minimum absolute atomic E-state index is 0.0213. The molecule has 0 rings (SSSR count). The van der Waals surface area contributed by atoms with Crippen LogP contribution in [0, 0.1) is 0 Å². The Morgan fingerprint density at radius 3 is 2.58 bits per heavy atom. The van der Waals surface area contributed by atoms with Gasteiger partial charge in [0.25, 0.3) is 0 Å². The SMILES string of the molecule is NCCNC(=O)CCCC/C=C/C[C@@H](N)C(=O)C=O. The summed E-state index contributed by atoms with van der Waals surface area (Å²) in [6, 6.07) is -0.740. The number of nitrogens with two attached hydrogens (primary N) is 2. The molecule has 0 unspecified atom stereocenters. The van der Waals surface area contributed by atoms with Crippen LogP contribution in [0.25, 0.3) is 0 Å². The number of allylic oxidation sites excluding steroid dienone is 1. The molecule has 0 aliphatic heterocycles. The topological polar surface area (TPSA) is 115 Å². The van der Waals surface area contributed by atoms with Crippen LogP contribution in [-0.2, 0) is 14.4 Å². The molecule has 0 aromatic heterocycles. The Morgan fingerprint density at radius 2 is 1.95 bits per heavy atom. The molecule has 0 spiro atoms. The van der Waals surface area contributed by atoms with Gasteiger partial charge < -0.3 is 16.8 Å². The molecule has 6 heteroatoms. The van der Waals surface area contributed by atoms with Crippen molar-refractivity contribution in [2.75, 3.05) is 13.1 Å². The maximum absolute atomic E-state index is 11.2. The Hall–Kier alpha value is -1.53. The minimum Gasteiger partial charge on any atom is -0.355 e. The molecule has 0 heterocycles. The zero-order chi connectivity index (χ0) is 14.5. The molecule has 1 atom stereocenters. The molecule has 0 aliphatic rings. The first-order valence-electron chi connectivity index (χ1n) is 6.48. The summed E-state index contributed by atoms with van der Waals surface area (Å²) in [6.45, 7) is 0.968. The second-order valence-corrected chi connectivity index (χ2v) is 4.22. The van der Waals surface area contributed by atoms with Gasteiger partial charge in [0.15, 0.2) is 6.29 Å². The van der Waals surface area contributed by atoms with E-state index in [4.69, 9.17) is 11.5 Å². The Kier molecular flexibility index (Phi) is 10.6. The lowest BCUT2D eigenvalue weighted by Gasteiger charge is -2.02. The van der Waals surface area contributed by atoms with Crippen molar-refractivity contribution in [3.63, 3.8) is 0 Å². The number of unbranched alkanes of at least 4 members (excludes halogenated alkanes) is 2. The zero-order valence-corrected chi connectivity index (χ0v) is 11.1. The average molecular weight is 269 g/mol. The first kappa shape index (κ1) is 17.5. The molecule has 108 valence electrons. The third kappa shape index (κ3) is 10.1. The molecule has 0 bridgehead atoms. The first-order valence-corrected chi connectivity index (χ1v) is 6.48. The summed E-state index contributed by atoms with van der Waals surface area (Å²) < 4.78 is 0. The fourth-order valence-corrected chi connectivity index (χ4v) is 1.41. The van der Waals surface area contributed by atoms with Crippen molar-refractivity contribution in [1.29, 1.82) is 0 Å². The van der Waals surface area contributed by atoms with Crippen molar-refractivity contribution < 1.29 is 14.4 Å². The van der Waals surface area contributed by atoms with E-state index in [0.717, 1.165) is 19.3 Å². The van der Waals surface area contributed by atoms with Gasteiger partial charge in [-0.05, 0) is 25.7 Å². The maximum Gasteiger partial charge on any atom is 0.220 e. The standard InChI is InChI=1S/C13H23N3O3/c14-8-9-16-13(19)7-5-3-1-2-4-6-11(15)12(18)10-17/h2,4,10-11H,1,3,5-9,14-15H2,(H,16,19)/b4-2+/t11-/m1/s1. The van der Waals surface area contributed by atoms with E-state index in [2.05, 4.69) is 5.32 Å². The van der Waals surface area contributed by atoms with Crippen molar-refractivity contribution >= 4 is 18.0 Å². The van der Waals surface area contributed by atoms with Crippen LogP contribution in [0.15, 0.2) is 12.2 Å². The summed E-state index contributed by atoms with van der Waals surface area (Å²) in [6.07, 6.45) is 7.34. The van der Waals surface area contributed by atoms with Gasteiger partial charge in [-0.25, -0.2) is 0 Å². The van der Waals surface area contributed by atoms with E-state index < -0.39 is 11.8 Å². The summed E-state index contributed by atoms with van der Waals surface area (Å²) in [7, 11) is 0. The lowest BCUT2D eigenvalue weighted by atomic mass is 10.1. The molecule has 0 aromatic rings. The number of amides is 1. The molecule has 0 saturated carbocycles. The molecule has 0 saturated heterocycles. The predicted octanol–water partition coefficient (Wildman–Crippen LogP) is -0.337. The third-order valence-corrected chi connectivity index (χ3v) is 2.53. The fraction of sp³-hybridized carbons (Fsp3) is 0.615. The molecular weight excluding hydrogens is 246 g/mol. The van der Waals surface area contributed by atoms with Gasteiger partial charge in [-0.1, -0.05) is 12.2 Å². The summed E-state index contributed by atoms with van der Waals surface area (Å²) in [5, 5.41) is 2.70. The number of hydrogen-bond donors (Lipinski definition) is 3. The number of aldehydes is 1. The second-order valence-electron chi connectivity index (χ2n) is 4.22. The normalized spacial score (nSPS) is 12.3. The molecule has 0 aliphatic carbocycles. The number of Topliss-reactive ketones (excluding diaryl/α,β-unsaturated/α-hetero) is 1. The van der Waals surface area contributed by atoms with Crippen molar-refractivity contribution in [2.24, 2.45) is 11.5 Å². The van der Waals surface area contributed by atoms with Crippen molar-refractivity contribution in [1.82, 2.24) is 5.32 Å². The Balaban J connectivity index is 3.51. The van der Waals surface area contributed by atoms with Gasteiger partial charge in [0, 0.05) is 19.5 Å². The van der Waals surface area contributed by atoms with Crippen molar-refractivity contribution in [3.05, 3.63) is 12.2 Å². The van der Waals surface area contributed by atoms with E-state index in [1.807, 2.05) is 6.08 Å². The molecule has 0 radical (unpaired) electrons. The average Bonchev–Trinajstić information content (AvgIpc) is 2.42. The van der Waals surface area contributed by atoms with Crippen LogP contribution in [-0.4, -0.2) is 37.1 Å². The molecule has 0 fully saturated rings. The van der Waals surface area contributed by atoms with Gasteiger partial charge in [-0.3, -0.25) is 14.4 Å². The van der Waals surface area contributed by atoms with Crippen LogP contribution in [0.5, 0.6) is 0 Å². The van der Waals surface area contributed by atoms with Crippen LogP contribution in [0.1, 0.15) is 32.1 Å². The largest absolute Gasteiger partial charge is 0.355 e. The van der Waals surface area contributed by atoms with Crippen LogP contribution >= 0.6 is 0 Å². The predicted molar refractivity (Wildman–Crippen MR) is 73.3 cm³/mol. The number of rotatable bonds is 11. The minimum atomic E-state index is -0.740. The van der Waals surface area contributed by atoms with E-state index in [0.29, 0.717) is 25.9 Å². The van der Waals surface area contributed by atoms with Crippen LogP contribution < -0.4 is 16.8 Å². The molecule has 5 N–H and O–H groups in total. The van der Waals surface area contributed by atoms with E-state index in [-0.39, 0.29) is 12.2 Å². The van der Waals surface area contributed by atoms with E-state index in [1.165, 1.54) is 0 Å². The Morgan fingerprint density at radius 1 is 1.21 bits per heavy atom. The highest BCUT2D eigenvalue weighted by molar-refractivity contribution is 6.27. The van der Waals surface area contributed by atoms with Gasteiger partial charge >= 0.3 is 0 Å². The van der Waals surface area contributed by atoms with E-state index in [9.17, 15) is 14.4 Å². The van der Waals surface area contributed by atoms with E-state index >= 15 is 0 Å². The number of carbonyl (C=O) groups excluding carboxylic acids is 3. The van der Waals surface area contributed by atoms with Crippen LogP contribution in [0.4, 0.5) is 0 Å². The highest BCUT2D eigenvalue weighted by atomic mass is 16.2. The summed E-state index contributed by atoms with van der Waals surface area (Å²) in [5.41, 5.74) is 10.7. The molecule has 1 amide bonds. The number of nitrogens with one attached hydrogen (secondary N) is 1. The van der Waals surface area contributed by atoms with Crippen molar-refractivity contribution in [3.8, 4) is 0 Å². The smallest absolute Gasteiger partial charge is 0.220 e. The summed E-state index contributed by atoms with van der Waals surface area (Å²) in [5.74, 6) is -0.561. The number of ketones is 1. The monoisotopic (exact) mass is 269 g/mol. The van der Waals surface area contributed by atoms with Crippen LogP contribution in [0.2, 0.25) is 0 Å². The third-order valence-electron chi connectivity index (χ3n) is 2.53. The quantitative estimate of drug-likeness (QED) is 0.205. The summed E-state index contributed by atoms with van der Waals surface area (Å²) in [4.78, 5) is 32.2. The van der Waals surface area contributed by atoms with E-state index in [1.54, 1.807) is 6.08 Å². The number of carbonyl (C=O) groups is 3. The highest BCUT2D eigenvalue weighted by Gasteiger charge is 2.09. The zero-order valence-electron chi connectivity index (χ0n) is 11.1. The second kappa shape index (κ2) is 11.6. The lowest BCUT2D eigenvalue weighted by molar-refractivity contribution is -0.130. The van der Waals surface area contributed by atoms with Crippen LogP contribution in [0.3, 0.4) is 0 Å². The molecule has 0 aromatic carbocycles. The highest BCUT2D eigenvalue weighted by Crippen LogP contribution is 2.02. The van der Waals surface area contributed by atoms with Gasteiger partial charge in [-0.15, -0.1) is 0 Å². The maximum atomic E-state index is 11.2. The fourth-order valence-electron chi connectivity index (χ4n) is 1.41. The van der Waals surface area contributed by atoms with Gasteiger partial charge in [0.2, 0.25) is 11.7 Å². The Bertz CT molecular complexity index is 316. The molecule has 6 nitrogen and oxygen atoms in total. The van der Waals surface area contributed by atoms with Gasteiger partial charge in [0.1, 0.15) is 0 Å². The number of hydrogen-bond acceptors (Lipinski definition) is 5. The van der Waals surface area contributed by atoms with Gasteiger partial charge in [-0.2, -0.15) is 0 Å².